The standard InChI is InChI=1S/C21H39N5O7/c1-6-11(4)16(23)20(31)25-14(9-10(2)3)19(30)24-13(7-8-15(22)28)18(29)26-17(12(5)27)21(32)33/h10-14,16-17,27H,6-9,23H2,1-5H3,(H2,22,28)(H,24,30)(H,25,31)(H,26,29)(H,32,33). The largest absolute Gasteiger partial charge is 0.480 e. The number of hydrogen-bond donors (Lipinski definition) is 7. The number of carbonyl (C=O) groups is 5. The number of nitrogens with two attached hydrogens (primary N) is 2. The minimum atomic E-state index is -1.62. The van der Waals surface area contributed by atoms with Crippen LogP contribution in [-0.4, -0.2) is 70.1 Å². The first-order chi connectivity index (χ1) is 15.2. The molecular weight excluding hydrogens is 434 g/mol. The molecule has 0 aliphatic carbocycles. The molecule has 33 heavy (non-hydrogen) atoms. The summed E-state index contributed by atoms with van der Waals surface area (Å²) in [6.07, 6.45) is -0.952. The average molecular weight is 474 g/mol. The number of carboxylic acids is 1. The second-order valence-corrected chi connectivity index (χ2v) is 8.73. The third-order valence-corrected chi connectivity index (χ3v) is 5.26. The molecule has 0 aromatic rings. The zero-order valence-electron chi connectivity index (χ0n) is 20.0. The number of carbonyl (C=O) groups excluding carboxylic acids is 4. The number of carboxylic acid groups (broad SMARTS) is 1. The van der Waals surface area contributed by atoms with Crippen LogP contribution >= 0.6 is 0 Å². The van der Waals surface area contributed by atoms with Gasteiger partial charge in [-0.3, -0.25) is 19.2 Å². The molecule has 190 valence electrons. The number of nitrogens with one attached hydrogen (secondary N) is 3. The Morgan fingerprint density at radius 2 is 1.39 bits per heavy atom. The Bertz CT molecular complexity index is 698. The van der Waals surface area contributed by atoms with Crippen molar-refractivity contribution in [3.8, 4) is 0 Å². The summed E-state index contributed by atoms with van der Waals surface area (Å²) in [5, 5.41) is 26.0. The van der Waals surface area contributed by atoms with Crippen molar-refractivity contribution in [3.63, 3.8) is 0 Å². The smallest absolute Gasteiger partial charge is 0.328 e. The van der Waals surface area contributed by atoms with Crippen molar-refractivity contribution in [1.29, 1.82) is 0 Å². The van der Waals surface area contributed by atoms with E-state index in [-0.39, 0.29) is 31.1 Å². The van der Waals surface area contributed by atoms with E-state index < -0.39 is 59.9 Å². The van der Waals surface area contributed by atoms with E-state index in [1.54, 1.807) is 0 Å². The molecule has 6 atom stereocenters. The minimum Gasteiger partial charge on any atom is -0.480 e. The summed E-state index contributed by atoms with van der Waals surface area (Å²) in [6.45, 7) is 8.57. The summed E-state index contributed by atoms with van der Waals surface area (Å²) < 4.78 is 0. The second kappa shape index (κ2) is 14.4. The van der Waals surface area contributed by atoms with Crippen LogP contribution in [-0.2, 0) is 24.0 Å². The first-order valence-electron chi connectivity index (χ1n) is 11.1. The lowest BCUT2D eigenvalue weighted by Gasteiger charge is -2.27. The highest BCUT2D eigenvalue weighted by Gasteiger charge is 2.32. The highest BCUT2D eigenvalue weighted by Crippen LogP contribution is 2.10. The molecule has 4 amide bonds. The lowest BCUT2D eigenvalue weighted by molar-refractivity contribution is -0.145. The van der Waals surface area contributed by atoms with Crippen LogP contribution in [0.5, 0.6) is 0 Å². The van der Waals surface area contributed by atoms with Gasteiger partial charge in [0.25, 0.3) is 0 Å². The van der Waals surface area contributed by atoms with Gasteiger partial charge in [-0.15, -0.1) is 0 Å². The van der Waals surface area contributed by atoms with E-state index in [0.717, 1.165) is 0 Å². The fourth-order valence-corrected chi connectivity index (χ4v) is 2.95. The fraction of sp³-hybridized carbons (Fsp3) is 0.762. The van der Waals surface area contributed by atoms with Crippen LogP contribution in [0.2, 0.25) is 0 Å². The lowest BCUT2D eigenvalue weighted by Crippen LogP contribution is -2.58. The van der Waals surface area contributed by atoms with Crippen LogP contribution in [0.25, 0.3) is 0 Å². The number of aliphatic hydroxyl groups is 1. The minimum absolute atomic E-state index is 0.00500. The van der Waals surface area contributed by atoms with Gasteiger partial charge in [-0.05, 0) is 31.6 Å². The highest BCUT2D eigenvalue weighted by molar-refractivity contribution is 5.94. The van der Waals surface area contributed by atoms with Crippen molar-refractivity contribution in [2.24, 2.45) is 23.3 Å². The van der Waals surface area contributed by atoms with Gasteiger partial charge in [-0.2, -0.15) is 0 Å². The number of hydrogen-bond acceptors (Lipinski definition) is 7. The molecule has 0 aromatic carbocycles. The SMILES string of the molecule is CCC(C)C(N)C(=O)NC(CC(C)C)C(=O)NC(CCC(N)=O)C(=O)NC(C(=O)O)C(C)O. The van der Waals surface area contributed by atoms with E-state index in [0.29, 0.717) is 6.42 Å². The van der Waals surface area contributed by atoms with Crippen LogP contribution in [0.15, 0.2) is 0 Å². The molecule has 0 aliphatic heterocycles. The van der Waals surface area contributed by atoms with Gasteiger partial charge in [-0.25, -0.2) is 4.79 Å². The van der Waals surface area contributed by atoms with Gasteiger partial charge in [0.2, 0.25) is 23.6 Å². The van der Waals surface area contributed by atoms with Gasteiger partial charge < -0.3 is 37.6 Å². The van der Waals surface area contributed by atoms with E-state index in [2.05, 4.69) is 16.0 Å². The summed E-state index contributed by atoms with van der Waals surface area (Å²) in [6, 6.07) is -4.78. The zero-order valence-corrected chi connectivity index (χ0v) is 20.0. The molecule has 0 spiro atoms. The summed E-state index contributed by atoms with van der Waals surface area (Å²) >= 11 is 0. The molecular formula is C21H39N5O7. The molecule has 0 radical (unpaired) electrons. The summed E-state index contributed by atoms with van der Waals surface area (Å²) in [7, 11) is 0. The van der Waals surface area contributed by atoms with Gasteiger partial charge >= 0.3 is 5.97 Å². The van der Waals surface area contributed by atoms with E-state index in [1.165, 1.54) is 6.92 Å². The Morgan fingerprint density at radius 1 is 0.879 bits per heavy atom. The van der Waals surface area contributed by atoms with Gasteiger partial charge in [0.15, 0.2) is 6.04 Å². The average Bonchev–Trinajstić information content (AvgIpc) is 2.71. The first kappa shape index (κ1) is 30.3. The molecule has 0 rings (SSSR count). The number of aliphatic carboxylic acids is 1. The van der Waals surface area contributed by atoms with E-state index >= 15 is 0 Å². The molecule has 6 unspecified atom stereocenters. The summed E-state index contributed by atoms with van der Waals surface area (Å²) in [4.78, 5) is 60.6. The molecule has 0 saturated heterocycles. The predicted octanol–water partition coefficient (Wildman–Crippen LogP) is -1.41. The topological polar surface area (TPSA) is 214 Å². The lowest BCUT2D eigenvalue weighted by atomic mass is 9.97. The molecule has 12 heteroatoms. The Morgan fingerprint density at radius 3 is 1.82 bits per heavy atom. The maximum absolute atomic E-state index is 13.0. The van der Waals surface area contributed by atoms with Crippen LogP contribution in [0, 0.1) is 11.8 Å². The molecule has 0 aliphatic rings. The van der Waals surface area contributed by atoms with E-state index in [9.17, 15) is 34.2 Å². The van der Waals surface area contributed by atoms with Crippen LogP contribution in [0.1, 0.15) is 60.3 Å². The van der Waals surface area contributed by atoms with E-state index in [4.69, 9.17) is 11.5 Å². The van der Waals surface area contributed by atoms with Crippen molar-refractivity contribution in [3.05, 3.63) is 0 Å². The third-order valence-electron chi connectivity index (χ3n) is 5.26. The number of aliphatic hydroxyl groups excluding tert-OH is 1. The van der Waals surface area contributed by atoms with Gasteiger partial charge in [-0.1, -0.05) is 34.1 Å². The molecule has 0 fully saturated rings. The Kier molecular flexibility index (Phi) is 13.2. The third kappa shape index (κ3) is 11.1. The van der Waals surface area contributed by atoms with Crippen molar-refractivity contribution in [2.45, 2.75) is 90.6 Å². The van der Waals surface area contributed by atoms with E-state index in [1.807, 2.05) is 27.7 Å². The van der Waals surface area contributed by atoms with Crippen molar-refractivity contribution >= 4 is 29.6 Å². The molecule has 0 bridgehead atoms. The van der Waals surface area contributed by atoms with Crippen LogP contribution in [0.4, 0.5) is 0 Å². The molecule has 0 aromatic heterocycles. The first-order valence-corrected chi connectivity index (χ1v) is 11.1. The predicted molar refractivity (Wildman–Crippen MR) is 120 cm³/mol. The molecule has 12 nitrogen and oxygen atoms in total. The Hall–Kier alpha value is -2.73. The Labute approximate surface area is 194 Å². The molecule has 0 heterocycles. The maximum atomic E-state index is 13.0. The summed E-state index contributed by atoms with van der Waals surface area (Å²) in [5.74, 6) is -4.42. The van der Waals surface area contributed by atoms with Gasteiger partial charge in [0.1, 0.15) is 12.1 Å². The van der Waals surface area contributed by atoms with Crippen LogP contribution < -0.4 is 27.4 Å². The molecule has 0 saturated carbocycles. The van der Waals surface area contributed by atoms with Crippen molar-refractivity contribution in [2.75, 3.05) is 0 Å². The monoisotopic (exact) mass is 473 g/mol. The van der Waals surface area contributed by atoms with Crippen LogP contribution in [0.3, 0.4) is 0 Å². The number of primary amides is 1. The molecule has 9 N–H and O–H groups in total. The zero-order chi connectivity index (χ0) is 25.9. The summed E-state index contributed by atoms with van der Waals surface area (Å²) in [5.41, 5.74) is 11.1. The number of rotatable bonds is 15. The number of amides is 4. The Balaban J connectivity index is 5.60. The quantitative estimate of drug-likeness (QED) is 0.150. The second-order valence-electron chi connectivity index (χ2n) is 8.73. The fourth-order valence-electron chi connectivity index (χ4n) is 2.95. The van der Waals surface area contributed by atoms with Crippen molar-refractivity contribution < 1.29 is 34.2 Å². The highest BCUT2D eigenvalue weighted by atomic mass is 16.4. The maximum Gasteiger partial charge on any atom is 0.328 e. The van der Waals surface area contributed by atoms with Crippen molar-refractivity contribution in [1.82, 2.24) is 16.0 Å². The van der Waals surface area contributed by atoms with Gasteiger partial charge in [0.05, 0.1) is 12.1 Å². The normalized spacial score (nSPS) is 16.6. The van der Waals surface area contributed by atoms with Gasteiger partial charge in [0, 0.05) is 6.42 Å².